The van der Waals surface area contributed by atoms with Crippen molar-refractivity contribution in [3.63, 3.8) is 0 Å². The Morgan fingerprint density at radius 3 is 2.38 bits per heavy atom. The third kappa shape index (κ3) is 2.43. The number of benzene rings is 2. The topological polar surface area (TPSA) is 46.3 Å². The van der Waals surface area contributed by atoms with Crippen LogP contribution in [0.1, 0.15) is 5.56 Å². The Balaban J connectivity index is 2.12. The number of nitrogens with zero attached hydrogens (tertiary/aromatic N) is 1. The van der Waals surface area contributed by atoms with Gasteiger partial charge in [0, 0.05) is 11.1 Å². The summed E-state index contributed by atoms with van der Waals surface area (Å²) in [5.41, 5.74) is 1.84. The largest absolute Gasteiger partial charge is 0.391 e. The molecule has 0 aliphatic heterocycles. The highest BCUT2D eigenvalue weighted by atomic mass is 19.2. The first kappa shape index (κ1) is 13.5. The van der Waals surface area contributed by atoms with Crippen LogP contribution in [0.15, 0.2) is 53.1 Å². The lowest BCUT2D eigenvalue weighted by Gasteiger charge is -2.02. The lowest BCUT2D eigenvalue weighted by molar-refractivity contribution is 0.281. The van der Waals surface area contributed by atoms with E-state index in [2.05, 4.69) is 5.16 Å². The molecule has 0 saturated heterocycles. The number of rotatable bonds is 3. The number of hydrogen-bond donors (Lipinski definition) is 1. The van der Waals surface area contributed by atoms with E-state index in [-0.39, 0.29) is 6.61 Å². The highest BCUT2D eigenvalue weighted by Crippen LogP contribution is 2.32. The van der Waals surface area contributed by atoms with E-state index in [1.165, 1.54) is 6.07 Å². The maximum absolute atomic E-state index is 13.3. The van der Waals surface area contributed by atoms with Crippen molar-refractivity contribution in [3.8, 4) is 22.6 Å². The van der Waals surface area contributed by atoms with Gasteiger partial charge >= 0.3 is 0 Å². The van der Waals surface area contributed by atoms with E-state index >= 15 is 0 Å². The molecule has 1 heterocycles. The summed E-state index contributed by atoms with van der Waals surface area (Å²) in [4.78, 5) is 0. The van der Waals surface area contributed by atoms with Gasteiger partial charge in [0.05, 0.1) is 12.2 Å². The Hall–Kier alpha value is -2.53. The molecule has 0 atom stereocenters. The molecule has 0 spiro atoms. The van der Waals surface area contributed by atoms with E-state index < -0.39 is 11.6 Å². The predicted octanol–water partition coefficient (Wildman–Crippen LogP) is 3.78. The highest BCUT2D eigenvalue weighted by molar-refractivity contribution is 5.72. The zero-order valence-corrected chi connectivity index (χ0v) is 10.9. The summed E-state index contributed by atoms with van der Waals surface area (Å²) in [6, 6.07) is 12.6. The third-order valence-corrected chi connectivity index (χ3v) is 3.18. The first-order chi connectivity index (χ1) is 10.2. The molecule has 3 rings (SSSR count). The van der Waals surface area contributed by atoms with Gasteiger partial charge in [-0.2, -0.15) is 0 Å². The average Bonchev–Trinajstić information content (AvgIpc) is 2.94. The summed E-state index contributed by atoms with van der Waals surface area (Å²) in [6.07, 6.45) is 0. The van der Waals surface area contributed by atoms with Crippen LogP contribution >= 0.6 is 0 Å². The number of aromatic nitrogens is 1. The van der Waals surface area contributed by atoms with Crippen molar-refractivity contribution in [1.82, 2.24) is 5.16 Å². The van der Waals surface area contributed by atoms with Crippen LogP contribution in [-0.2, 0) is 6.61 Å². The Kier molecular flexibility index (Phi) is 3.50. The van der Waals surface area contributed by atoms with Crippen LogP contribution in [-0.4, -0.2) is 10.3 Å². The number of aliphatic hydroxyl groups excluding tert-OH is 1. The summed E-state index contributed by atoms with van der Waals surface area (Å²) in [5.74, 6) is -1.49. The molecule has 0 unspecified atom stereocenters. The van der Waals surface area contributed by atoms with Crippen LogP contribution in [0.5, 0.6) is 0 Å². The van der Waals surface area contributed by atoms with Crippen molar-refractivity contribution in [2.75, 3.05) is 0 Å². The molecule has 3 aromatic rings. The van der Waals surface area contributed by atoms with E-state index in [0.29, 0.717) is 22.6 Å². The van der Waals surface area contributed by atoms with Gasteiger partial charge in [-0.25, -0.2) is 8.78 Å². The molecule has 0 aliphatic carbocycles. The summed E-state index contributed by atoms with van der Waals surface area (Å²) in [6.45, 7) is -0.317. The molecule has 1 N–H and O–H groups in total. The molecule has 0 radical (unpaired) electrons. The van der Waals surface area contributed by atoms with Crippen molar-refractivity contribution >= 4 is 0 Å². The van der Waals surface area contributed by atoms with Gasteiger partial charge in [-0.1, -0.05) is 35.5 Å². The number of aliphatic hydroxyl groups is 1. The van der Waals surface area contributed by atoms with Gasteiger partial charge in [0.15, 0.2) is 17.4 Å². The second-order valence-electron chi connectivity index (χ2n) is 4.49. The lowest BCUT2D eigenvalue weighted by atomic mass is 10.0. The Morgan fingerprint density at radius 2 is 1.71 bits per heavy atom. The van der Waals surface area contributed by atoms with Crippen LogP contribution < -0.4 is 0 Å². The molecule has 0 aliphatic rings. The van der Waals surface area contributed by atoms with Crippen LogP contribution in [0.4, 0.5) is 8.78 Å². The van der Waals surface area contributed by atoms with Crippen molar-refractivity contribution in [3.05, 3.63) is 65.7 Å². The first-order valence-corrected chi connectivity index (χ1v) is 6.31. The molecule has 106 valence electrons. The Labute approximate surface area is 119 Å². The lowest BCUT2D eigenvalue weighted by Crippen LogP contribution is -1.91. The molecular formula is C16H11F2NO2. The van der Waals surface area contributed by atoms with Gasteiger partial charge in [0.25, 0.3) is 0 Å². The average molecular weight is 287 g/mol. The zero-order valence-electron chi connectivity index (χ0n) is 10.9. The fourth-order valence-corrected chi connectivity index (χ4v) is 2.14. The van der Waals surface area contributed by atoms with Gasteiger partial charge in [-0.05, 0) is 18.2 Å². The van der Waals surface area contributed by atoms with Crippen LogP contribution in [0.2, 0.25) is 0 Å². The van der Waals surface area contributed by atoms with Crippen molar-refractivity contribution in [2.45, 2.75) is 6.61 Å². The van der Waals surface area contributed by atoms with E-state index in [0.717, 1.165) is 17.7 Å². The minimum Gasteiger partial charge on any atom is -0.391 e. The summed E-state index contributed by atoms with van der Waals surface area (Å²) < 4.78 is 31.6. The molecule has 0 amide bonds. The monoisotopic (exact) mass is 287 g/mol. The Bertz CT molecular complexity index is 769. The molecule has 3 nitrogen and oxygen atoms in total. The quantitative estimate of drug-likeness (QED) is 0.797. The van der Waals surface area contributed by atoms with E-state index in [9.17, 15) is 13.9 Å². The van der Waals surface area contributed by atoms with Crippen LogP contribution in [0, 0.1) is 11.6 Å². The summed E-state index contributed by atoms with van der Waals surface area (Å²) in [5, 5.41) is 13.4. The van der Waals surface area contributed by atoms with E-state index in [1.807, 2.05) is 30.3 Å². The summed E-state index contributed by atoms with van der Waals surface area (Å²) in [7, 11) is 0. The van der Waals surface area contributed by atoms with Crippen molar-refractivity contribution < 1.29 is 18.4 Å². The second-order valence-corrected chi connectivity index (χ2v) is 4.49. The summed E-state index contributed by atoms with van der Waals surface area (Å²) >= 11 is 0. The van der Waals surface area contributed by atoms with Crippen LogP contribution in [0.3, 0.4) is 0 Å². The second kappa shape index (κ2) is 5.46. The number of halogens is 2. The van der Waals surface area contributed by atoms with Gasteiger partial charge in [0.1, 0.15) is 5.69 Å². The first-order valence-electron chi connectivity index (χ1n) is 6.31. The fourth-order valence-electron chi connectivity index (χ4n) is 2.14. The molecule has 21 heavy (non-hydrogen) atoms. The van der Waals surface area contributed by atoms with E-state index in [4.69, 9.17) is 4.52 Å². The SMILES string of the molecule is OCc1c(-c2ccc(F)c(F)c2)noc1-c1ccccc1. The molecule has 1 aromatic heterocycles. The van der Waals surface area contributed by atoms with Crippen molar-refractivity contribution in [1.29, 1.82) is 0 Å². The molecule has 2 aromatic carbocycles. The van der Waals surface area contributed by atoms with Gasteiger partial charge < -0.3 is 9.63 Å². The zero-order chi connectivity index (χ0) is 14.8. The molecule has 0 bridgehead atoms. The maximum Gasteiger partial charge on any atom is 0.173 e. The van der Waals surface area contributed by atoms with Gasteiger partial charge in [0.2, 0.25) is 0 Å². The van der Waals surface area contributed by atoms with E-state index in [1.54, 1.807) is 0 Å². The van der Waals surface area contributed by atoms with Gasteiger partial charge in [-0.3, -0.25) is 0 Å². The minimum atomic E-state index is -0.972. The predicted molar refractivity (Wildman–Crippen MR) is 73.2 cm³/mol. The molecule has 5 heteroatoms. The molecule has 0 saturated carbocycles. The number of hydrogen-bond acceptors (Lipinski definition) is 3. The normalized spacial score (nSPS) is 10.8. The van der Waals surface area contributed by atoms with Gasteiger partial charge in [-0.15, -0.1) is 0 Å². The Morgan fingerprint density at radius 1 is 0.952 bits per heavy atom. The minimum absolute atomic E-state index is 0.301. The van der Waals surface area contributed by atoms with Crippen LogP contribution in [0.25, 0.3) is 22.6 Å². The standard InChI is InChI=1S/C16H11F2NO2/c17-13-7-6-11(8-14(13)18)15-12(9-20)16(21-19-15)10-4-2-1-3-5-10/h1-8,20H,9H2. The molecule has 0 fully saturated rings. The fraction of sp³-hybridized carbons (Fsp3) is 0.0625. The third-order valence-electron chi connectivity index (χ3n) is 3.18. The van der Waals surface area contributed by atoms with Crippen molar-refractivity contribution in [2.24, 2.45) is 0 Å². The smallest absolute Gasteiger partial charge is 0.173 e. The maximum atomic E-state index is 13.3. The highest BCUT2D eigenvalue weighted by Gasteiger charge is 2.19. The molecular weight excluding hydrogens is 276 g/mol.